The lowest BCUT2D eigenvalue weighted by atomic mass is 10.2. The molecule has 0 aliphatic carbocycles. The minimum atomic E-state index is -0.538. The van der Waals surface area contributed by atoms with Gasteiger partial charge in [-0.2, -0.15) is 0 Å². The molecule has 2 N–H and O–H groups in total. The van der Waals surface area contributed by atoms with Crippen LogP contribution in [0.1, 0.15) is 21.6 Å². The van der Waals surface area contributed by atoms with Gasteiger partial charge in [-0.05, 0) is 42.0 Å². The van der Waals surface area contributed by atoms with Gasteiger partial charge < -0.3 is 10.1 Å². The first-order valence-electron chi connectivity index (χ1n) is 10.0. The van der Waals surface area contributed by atoms with E-state index in [2.05, 4.69) is 20.6 Å². The summed E-state index contributed by atoms with van der Waals surface area (Å²) in [5.41, 5.74) is 1.65. The van der Waals surface area contributed by atoms with Crippen LogP contribution in [0.15, 0.2) is 78.4 Å². The van der Waals surface area contributed by atoms with E-state index in [4.69, 9.17) is 4.74 Å². The lowest BCUT2D eigenvalue weighted by molar-refractivity contribution is -0.120. The van der Waals surface area contributed by atoms with Crippen molar-refractivity contribution in [1.82, 2.24) is 15.3 Å². The van der Waals surface area contributed by atoms with Crippen molar-refractivity contribution in [2.75, 3.05) is 5.32 Å². The second-order valence-electron chi connectivity index (χ2n) is 6.97. The average molecular weight is 463 g/mol. The van der Waals surface area contributed by atoms with Gasteiger partial charge in [0.05, 0.1) is 18.3 Å². The number of aromatic nitrogens is 2. The molecule has 0 aliphatic rings. The first-order valence-corrected chi connectivity index (χ1v) is 10.9. The zero-order chi connectivity index (χ0) is 23.0. The fraction of sp³-hybridized carbons (Fsp3) is 0.0833. The highest BCUT2D eigenvalue weighted by molar-refractivity contribution is 7.14. The molecule has 0 fully saturated rings. The summed E-state index contributed by atoms with van der Waals surface area (Å²) >= 11 is 1.24. The van der Waals surface area contributed by atoms with Gasteiger partial charge in [-0.3, -0.25) is 19.9 Å². The Labute approximate surface area is 193 Å². The van der Waals surface area contributed by atoms with Crippen LogP contribution in [0.4, 0.5) is 9.52 Å². The van der Waals surface area contributed by atoms with E-state index in [1.807, 2.05) is 6.07 Å². The highest BCUT2D eigenvalue weighted by Crippen LogP contribution is 2.24. The molecule has 2 aromatic heterocycles. The lowest BCUT2D eigenvalue weighted by Crippen LogP contribution is -2.24. The van der Waals surface area contributed by atoms with Gasteiger partial charge in [0.2, 0.25) is 5.91 Å². The van der Waals surface area contributed by atoms with Crippen molar-refractivity contribution < 1.29 is 18.7 Å². The molecule has 4 aromatic rings. The summed E-state index contributed by atoms with van der Waals surface area (Å²) in [6.45, 7) is 0.157. The van der Waals surface area contributed by atoms with Crippen molar-refractivity contribution in [2.45, 2.75) is 13.0 Å². The quantitative estimate of drug-likeness (QED) is 0.400. The van der Waals surface area contributed by atoms with E-state index in [1.54, 1.807) is 54.0 Å². The summed E-state index contributed by atoms with van der Waals surface area (Å²) in [5, 5.41) is 7.59. The van der Waals surface area contributed by atoms with E-state index in [0.29, 0.717) is 27.7 Å². The molecule has 0 spiro atoms. The summed E-state index contributed by atoms with van der Waals surface area (Å²) in [4.78, 5) is 32.7. The minimum absolute atomic E-state index is 0.0440. The molecule has 0 atom stereocenters. The number of halogens is 1. The maximum absolute atomic E-state index is 14.3. The van der Waals surface area contributed by atoms with Crippen LogP contribution < -0.4 is 15.4 Å². The Morgan fingerprint density at radius 1 is 1.06 bits per heavy atom. The molecule has 33 heavy (non-hydrogen) atoms. The number of hydrogen-bond acceptors (Lipinski definition) is 6. The van der Waals surface area contributed by atoms with E-state index in [0.717, 1.165) is 0 Å². The van der Waals surface area contributed by atoms with Crippen LogP contribution in [0.3, 0.4) is 0 Å². The van der Waals surface area contributed by atoms with E-state index in [-0.39, 0.29) is 30.5 Å². The van der Waals surface area contributed by atoms with Crippen molar-refractivity contribution in [3.8, 4) is 11.5 Å². The van der Waals surface area contributed by atoms with Crippen LogP contribution in [0.5, 0.6) is 11.5 Å². The van der Waals surface area contributed by atoms with Crippen molar-refractivity contribution in [2.24, 2.45) is 0 Å². The fourth-order valence-electron chi connectivity index (χ4n) is 2.90. The molecular weight excluding hydrogens is 443 g/mol. The molecule has 166 valence electrons. The molecule has 0 aliphatic heterocycles. The Morgan fingerprint density at radius 2 is 1.91 bits per heavy atom. The Morgan fingerprint density at radius 3 is 2.67 bits per heavy atom. The second kappa shape index (κ2) is 10.5. The number of thiazole rings is 1. The predicted octanol–water partition coefficient (Wildman–Crippen LogP) is 4.58. The molecule has 0 unspecified atom stereocenters. The first kappa shape index (κ1) is 22.1. The topological polar surface area (TPSA) is 93.2 Å². The average Bonchev–Trinajstić information content (AvgIpc) is 3.27. The Kier molecular flexibility index (Phi) is 7.01. The van der Waals surface area contributed by atoms with Crippen LogP contribution in [-0.2, 0) is 17.8 Å². The second-order valence-corrected chi connectivity index (χ2v) is 7.83. The number of benzene rings is 2. The van der Waals surface area contributed by atoms with Crippen LogP contribution in [-0.4, -0.2) is 21.8 Å². The molecule has 4 rings (SSSR count). The number of pyridine rings is 1. The number of nitrogens with one attached hydrogen (secondary N) is 2. The smallest absolute Gasteiger partial charge is 0.257 e. The summed E-state index contributed by atoms with van der Waals surface area (Å²) in [7, 11) is 0. The number of ether oxygens (including phenoxy) is 1. The molecule has 2 aromatic carbocycles. The minimum Gasteiger partial charge on any atom is -0.453 e. The van der Waals surface area contributed by atoms with Gasteiger partial charge in [0.1, 0.15) is 5.75 Å². The monoisotopic (exact) mass is 462 g/mol. The molecule has 7 nitrogen and oxygen atoms in total. The fourth-order valence-corrected chi connectivity index (χ4v) is 3.61. The summed E-state index contributed by atoms with van der Waals surface area (Å²) in [6.07, 6.45) is 3.13. The van der Waals surface area contributed by atoms with Crippen LogP contribution >= 0.6 is 11.3 Å². The number of carbonyl (C=O) groups is 2. The van der Waals surface area contributed by atoms with Gasteiger partial charge >= 0.3 is 0 Å². The van der Waals surface area contributed by atoms with Crippen LogP contribution in [0, 0.1) is 5.82 Å². The molecule has 0 bridgehead atoms. The molecule has 2 amide bonds. The van der Waals surface area contributed by atoms with E-state index >= 15 is 0 Å². The zero-order valence-corrected chi connectivity index (χ0v) is 18.1. The van der Waals surface area contributed by atoms with Gasteiger partial charge in [-0.15, -0.1) is 11.3 Å². The Balaban J connectivity index is 1.27. The SMILES string of the molecule is O=C(Cc1csc(NC(=O)c2ccccc2)n1)NCc1ccc(Oc2cccnc2)c(F)c1. The number of rotatable bonds is 8. The van der Waals surface area contributed by atoms with Crippen molar-refractivity contribution in [3.05, 3.63) is 101 Å². The maximum atomic E-state index is 14.3. The van der Waals surface area contributed by atoms with E-state index < -0.39 is 5.82 Å². The molecular formula is C24H19FN4O3S. The highest BCUT2D eigenvalue weighted by atomic mass is 32.1. The van der Waals surface area contributed by atoms with Gasteiger partial charge in [-0.25, -0.2) is 9.37 Å². The van der Waals surface area contributed by atoms with Crippen molar-refractivity contribution in [1.29, 1.82) is 0 Å². The number of hydrogen-bond donors (Lipinski definition) is 2. The molecule has 2 heterocycles. The van der Waals surface area contributed by atoms with Gasteiger partial charge in [0.25, 0.3) is 5.91 Å². The van der Waals surface area contributed by atoms with Crippen molar-refractivity contribution in [3.63, 3.8) is 0 Å². The van der Waals surface area contributed by atoms with E-state index in [1.165, 1.54) is 29.7 Å². The van der Waals surface area contributed by atoms with Gasteiger partial charge in [0.15, 0.2) is 16.7 Å². The number of carbonyl (C=O) groups excluding carboxylic acids is 2. The third kappa shape index (κ3) is 6.20. The Hall–Kier alpha value is -4.11. The number of amides is 2. The molecule has 0 saturated carbocycles. The van der Waals surface area contributed by atoms with Crippen molar-refractivity contribution >= 4 is 28.3 Å². The largest absolute Gasteiger partial charge is 0.453 e. The Bertz CT molecular complexity index is 1250. The molecule has 9 heteroatoms. The lowest BCUT2D eigenvalue weighted by Gasteiger charge is -2.09. The van der Waals surface area contributed by atoms with Gasteiger partial charge in [0, 0.05) is 23.7 Å². The standard InChI is InChI=1S/C24H19FN4O3S/c25-20-11-16(8-9-21(20)32-19-7-4-10-26-14-19)13-27-22(30)12-18-15-33-24(28-18)29-23(31)17-5-2-1-3-6-17/h1-11,14-15H,12-13H2,(H,27,30)(H,28,29,31). The summed E-state index contributed by atoms with van der Waals surface area (Å²) in [6, 6.07) is 16.7. The zero-order valence-electron chi connectivity index (χ0n) is 17.3. The highest BCUT2D eigenvalue weighted by Gasteiger charge is 2.12. The van der Waals surface area contributed by atoms with Crippen LogP contribution in [0.2, 0.25) is 0 Å². The summed E-state index contributed by atoms with van der Waals surface area (Å²) < 4.78 is 19.8. The number of nitrogens with zero attached hydrogens (tertiary/aromatic N) is 2. The third-order valence-corrected chi connectivity index (χ3v) is 5.30. The van der Waals surface area contributed by atoms with Crippen LogP contribution in [0.25, 0.3) is 0 Å². The maximum Gasteiger partial charge on any atom is 0.257 e. The molecule has 0 radical (unpaired) electrons. The predicted molar refractivity (Wildman–Crippen MR) is 123 cm³/mol. The van der Waals surface area contributed by atoms with E-state index in [9.17, 15) is 14.0 Å². The number of anilines is 1. The molecule has 0 saturated heterocycles. The van der Waals surface area contributed by atoms with Gasteiger partial charge in [-0.1, -0.05) is 24.3 Å². The third-order valence-electron chi connectivity index (χ3n) is 4.50. The summed E-state index contributed by atoms with van der Waals surface area (Å²) in [5.74, 6) is -0.564. The normalized spacial score (nSPS) is 10.5. The first-order chi connectivity index (χ1) is 16.1.